The number of fused-ring (bicyclic) bond motifs is 1. The lowest BCUT2D eigenvalue weighted by atomic mass is 9.91. The number of allylic oxidation sites excluding steroid dienone is 1. The Morgan fingerprint density at radius 3 is 3.05 bits per heavy atom. The summed E-state index contributed by atoms with van der Waals surface area (Å²) in [4.78, 5) is 24.1. The van der Waals surface area contributed by atoms with E-state index in [1.807, 2.05) is 6.07 Å². The zero-order valence-electron chi connectivity index (χ0n) is 12.7. The maximum absolute atomic E-state index is 12.1. The van der Waals surface area contributed by atoms with E-state index in [4.69, 9.17) is 4.74 Å². The standard InChI is InChI=1S/C17H22N2O3/c1-2-9-19-14-7-6-13(11-12(14)5-8-16(19)20)18-17(21)15-4-3-10-22-15/h2,5,8,13,15H,1,3-4,6-7,9-11H2,(H,18,21)/t13-,15-/m0/s1. The van der Waals surface area contributed by atoms with Crippen molar-refractivity contribution in [2.75, 3.05) is 6.61 Å². The number of hydrogen-bond donors (Lipinski definition) is 1. The minimum Gasteiger partial charge on any atom is -0.368 e. The predicted octanol–water partition coefficient (Wildman–Crippen LogP) is 1.19. The van der Waals surface area contributed by atoms with Gasteiger partial charge in [-0.15, -0.1) is 6.58 Å². The molecule has 118 valence electrons. The molecule has 2 heterocycles. The number of pyridine rings is 1. The third kappa shape index (κ3) is 2.99. The van der Waals surface area contributed by atoms with Gasteiger partial charge in [0.05, 0.1) is 0 Å². The number of nitrogens with zero attached hydrogens (tertiary/aromatic N) is 1. The van der Waals surface area contributed by atoms with Crippen molar-refractivity contribution in [3.63, 3.8) is 0 Å². The molecule has 0 spiro atoms. The second-order valence-electron chi connectivity index (χ2n) is 5.99. The summed E-state index contributed by atoms with van der Waals surface area (Å²) in [7, 11) is 0. The lowest BCUT2D eigenvalue weighted by Crippen LogP contribution is -2.44. The van der Waals surface area contributed by atoms with Crippen molar-refractivity contribution in [3.05, 3.63) is 46.4 Å². The fraction of sp³-hybridized carbons (Fsp3) is 0.529. The topological polar surface area (TPSA) is 60.3 Å². The molecular weight excluding hydrogens is 280 g/mol. The lowest BCUT2D eigenvalue weighted by Gasteiger charge is -2.28. The van der Waals surface area contributed by atoms with Crippen LogP contribution < -0.4 is 10.9 Å². The summed E-state index contributed by atoms with van der Waals surface area (Å²) in [5.41, 5.74) is 2.24. The van der Waals surface area contributed by atoms with Crippen molar-refractivity contribution in [1.82, 2.24) is 9.88 Å². The molecule has 1 fully saturated rings. The van der Waals surface area contributed by atoms with E-state index in [1.54, 1.807) is 16.7 Å². The molecule has 5 nitrogen and oxygen atoms in total. The number of nitrogens with one attached hydrogen (secondary N) is 1. The highest BCUT2D eigenvalue weighted by molar-refractivity contribution is 5.81. The van der Waals surface area contributed by atoms with Crippen molar-refractivity contribution < 1.29 is 9.53 Å². The number of amides is 1. The molecule has 0 saturated carbocycles. The van der Waals surface area contributed by atoms with E-state index in [0.29, 0.717) is 13.2 Å². The Hall–Kier alpha value is -1.88. The molecule has 1 aliphatic carbocycles. The van der Waals surface area contributed by atoms with E-state index < -0.39 is 0 Å². The molecule has 2 aliphatic rings. The maximum atomic E-state index is 12.1. The van der Waals surface area contributed by atoms with Gasteiger partial charge < -0.3 is 14.6 Å². The second kappa shape index (κ2) is 6.48. The van der Waals surface area contributed by atoms with Crippen LogP contribution in [-0.4, -0.2) is 29.2 Å². The smallest absolute Gasteiger partial charge is 0.251 e. The van der Waals surface area contributed by atoms with Crippen LogP contribution >= 0.6 is 0 Å². The Kier molecular flexibility index (Phi) is 4.43. The largest absolute Gasteiger partial charge is 0.368 e. The van der Waals surface area contributed by atoms with Crippen LogP contribution in [0.25, 0.3) is 0 Å². The Bertz CT molecular complexity index is 629. The number of rotatable bonds is 4. The number of carbonyl (C=O) groups excluding carboxylic acids is 1. The van der Waals surface area contributed by atoms with Crippen LogP contribution in [0, 0.1) is 0 Å². The molecule has 0 unspecified atom stereocenters. The monoisotopic (exact) mass is 302 g/mol. The Labute approximate surface area is 130 Å². The van der Waals surface area contributed by atoms with Crippen LogP contribution in [0.2, 0.25) is 0 Å². The SMILES string of the molecule is C=CCn1c2c(ccc1=O)C[C@@H](NC(=O)[C@@H]1CCCO1)CC2. The highest BCUT2D eigenvalue weighted by atomic mass is 16.5. The first-order valence-corrected chi connectivity index (χ1v) is 7.93. The van der Waals surface area contributed by atoms with Gasteiger partial charge in [0.15, 0.2) is 0 Å². The Balaban J connectivity index is 1.71. The minimum absolute atomic E-state index is 0.00497. The molecule has 1 saturated heterocycles. The molecule has 1 N–H and O–H groups in total. The van der Waals surface area contributed by atoms with E-state index >= 15 is 0 Å². The van der Waals surface area contributed by atoms with E-state index in [1.165, 1.54) is 0 Å². The molecule has 3 rings (SSSR count). The lowest BCUT2D eigenvalue weighted by molar-refractivity contribution is -0.130. The summed E-state index contributed by atoms with van der Waals surface area (Å²) < 4.78 is 7.20. The zero-order valence-corrected chi connectivity index (χ0v) is 12.7. The molecule has 1 aromatic rings. The number of hydrogen-bond acceptors (Lipinski definition) is 3. The van der Waals surface area contributed by atoms with Gasteiger partial charge in [-0.1, -0.05) is 12.1 Å². The fourth-order valence-electron chi connectivity index (χ4n) is 3.36. The molecule has 22 heavy (non-hydrogen) atoms. The molecule has 5 heteroatoms. The van der Waals surface area contributed by atoms with Crippen LogP contribution in [0.5, 0.6) is 0 Å². The summed E-state index contributed by atoms with van der Waals surface area (Å²) in [6.07, 6.45) is 5.66. The van der Waals surface area contributed by atoms with Crippen molar-refractivity contribution in [2.45, 2.75) is 50.8 Å². The first-order chi connectivity index (χ1) is 10.7. The van der Waals surface area contributed by atoms with Crippen molar-refractivity contribution in [1.29, 1.82) is 0 Å². The summed E-state index contributed by atoms with van der Waals surface area (Å²) >= 11 is 0. The maximum Gasteiger partial charge on any atom is 0.251 e. The van der Waals surface area contributed by atoms with Crippen LogP contribution in [0.15, 0.2) is 29.6 Å². The van der Waals surface area contributed by atoms with E-state index in [-0.39, 0.29) is 23.6 Å². The van der Waals surface area contributed by atoms with Crippen molar-refractivity contribution in [3.8, 4) is 0 Å². The first kappa shape index (κ1) is 15.0. The van der Waals surface area contributed by atoms with Gasteiger partial charge in [0.25, 0.3) is 5.56 Å². The molecule has 0 aromatic carbocycles. The van der Waals surface area contributed by atoms with Gasteiger partial charge in [0, 0.05) is 31.0 Å². The van der Waals surface area contributed by atoms with Gasteiger partial charge in [-0.25, -0.2) is 0 Å². The van der Waals surface area contributed by atoms with E-state index in [9.17, 15) is 9.59 Å². The quantitative estimate of drug-likeness (QED) is 0.850. The van der Waals surface area contributed by atoms with Gasteiger partial charge in [-0.05, 0) is 37.7 Å². The van der Waals surface area contributed by atoms with E-state index in [0.717, 1.165) is 43.4 Å². The fourth-order valence-corrected chi connectivity index (χ4v) is 3.36. The van der Waals surface area contributed by atoms with Gasteiger partial charge in [0.1, 0.15) is 6.10 Å². The molecule has 0 radical (unpaired) electrons. The summed E-state index contributed by atoms with van der Waals surface area (Å²) in [5.74, 6) is 0.00497. The van der Waals surface area contributed by atoms with Crippen LogP contribution in [0.1, 0.15) is 30.5 Å². The predicted molar refractivity (Wildman–Crippen MR) is 83.8 cm³/mol. The number of carbonyl (C=O) groups is 1. The van der Waals surface area contributed by atoms with Crippen molar-refractivity contribution >= 4 is 5.91 Å². The summed E-state index contributed by atoms with van der Waals surface area (Å²) in [6, 6.07) is 3.62. The van der Waals surface area contributed by atoms with E-state index in [2.05, 4.69) is 11.9 Å². The van der Waals surface area contributed by atoms with Crippen LogP contribution in [0.4, 0.5) is 0 Å². The highest BCUT2D eigenvalue weighted by Gasteiger charge is 2.28. The van der Waals surface area contributed by atoms with Gasteiger partial charge in [-0.2, -0.15) is 0 Å². The molecule has 2 atom stereocenters. The molecule has 1 amide bonds. The second-order valence-corrected chi connectivity index (χ2v) is 5.99. The Morgan fingerprint density at radius 2 is 2.32 bits per heavy atom. The average Bonchev–Trinajstić information content (AvgIpc) is 3.05. The average molecular weight is 302 g/mol. The van der Waals surface area contributed by atoms with Gasteiger partial charge in [-0.3, -0.25) is 9.59 Å². The zero-order chi connectivity index (χ0) is 15.5. The molecule has 1 aliphatic heterocycles. The van der Waals surface area contributed by atoms with Crippen molar-refractivity contribution in [2.24, 2.45) is 0 Å². The number of ether oxygens (including phenoxy) is 1. The number of aromatic nitrogens is 1. The molecule has 0 bridgehead atoms. The van der Waals surface area contributed by atoms with Gasteiger partial charge in [0.2, 0.25) is 5.91 Å². The van der Waals surface area contributed by atoms with Crippen LogP contribution in [-0.2, 0) is 28.9 Å². The summed E-state index contributed by atoms with van der Waals surface area (Å²) in [5, 5.41) is 3.10. The van der Waals surface area contributed by atoms with Gasteiger partial charge >= 0.3 is 0 Å². The third-order valence-electron chi connectivity index (χ3n) is 4.47. The third-order valence-corrected chi connectivity index (χ3v) is 4.47. The Morgan fingerprint density at radius 1 is 1.45 bits per heavy atom. The normalized spacial score (nSPS) is 23.8. The first-order valence-electron chi connectivity index (χ1n) is 7.93. The van der Waals surface area contributed by atoms with Crippen LogP contribution in [0.3, 0.4) is 0 Å². The minimum atomic E-state index is -0.281. The molecule has 1 aromatic heterocycles. The highest BCUT2D eigenvalue weighted by Crippen LogP contribution is 2.21. The molecular formula is C17H22N2O3. The summed E-state index contributed by atoms with van der Waals surface area (Å²) in [6.45, 7) is 4.93.